The van der Waals surface area contributed by atoms with Gasteiger partial charge in [0.15, 0.2) is 15.3 Å². The Labute approximate surface area is 175 Å². The van der Waals surface area contributed by atoms with Crippen LogP contribution in [0.2, 0.25) is 0 Å². The van der Waals surface area contributed by atoms with Gasteiger partial charge in [0.05, 0.1) is 28.5 Å². The molecule has 1 fully saturated rings. The van der Waals surface area contributed by atoms with E-state index in [9.17, 15) is 18.0 Å². The van der Waals surface area contributed by atoms with E-state index in [4.69, 9.17) is 4.42 Å². The van der Waals surface area contributed by atoms with Gasteiger partial charge in [-0.3, -0.25) is 9.59 Å². The number of sulfone groups is 1. The van der Waals surface area contributed by atoms with Crippen LogP contribution in [0.1, 0.15) is 34.1 Å². The van der Waals surface area contributed by atoms with E-state index in [0.717, 1.165) is 10.0 Å². The normalized spacial score (nSPS) is 22.9. The van der Waals surface area contributed by atoms with Crippen molar-refractivity contribution in [2.24, 2.45) is 0 Å². The molecule has 2 aliphatic rings. The third kappa shape index (κ3) is 2.93. The van der Waals surface area contributed by atoms with Crippen molar-refractivity contribution in [2.75, 3.05) is 11.5 Å². The molecule has 8 heteroatoms. The summed E-state index contributed by atoms with van der Waals surface area (Å²) in [4.78, 5) is 28.2. The fourth-order valence-electron chi connectivity index (χ4n) is 4.28. The maximum absolute atomic E-state index is 13.3. The lowest BCUT2D eigenvalue weighted by molar-refractivity contribution is 0.0662. The fourth-order valence-corrected chi connectivity index (χ4v) is 6.26. The summed E-state index contributed by atoms with van der Waals surface area (Å²) in [5.74, 6) is -0.495. The first-order valence-corrected chi connectivity index (χ1v) is 11.8. The molecule has 2 unspecified atom stereocenters. The Kier molecular flexibility index (Phi) is 4.18. The molecule has 0 radical (unpaired) electrons. The highest BCUT2D eigenvalue weighted by molar-refractivity contribution is 9.10. The number of rotatable bonds is 2. The molecule has 148 valence electrons. The molecule has 2 atom stereocenters. The number of carbonyl (C=O) groups excluding carboxylic acids is 1. The highest BCUT2D eigenvalue weighted by Crippen LogP contribution is 2.41. The van der Waals surface area contributed by atoms with Crippen LogP contribution in [-0.4, -0.2) is 36.8 Å². The van der Waals surface area contributed by atoms with Gasteiger partial charge >= 0.3 is 0 Å². The molecule has 1 aromatic heterocycles. The van der Waals surface area contributed by atoms with E-state index in [1.165, 1.54) is 4.90 Å². The van der Waals surface area contributed by atoms with Gasteiger partial charge in [-0.2, -0.15) is 0 Å². The van der Waals surface area contributed by atoms with Gasteiger partial charge < -0.3 is 9.32 Å². The van der Waals surface area contributed by atoms with Gasteiger partial charge in [0.2, 0.25) is 5.76 Å². The molecule has 1 amide bonds. The number of benzene rings is 2. The lowest BCUT2D eigenvalue weighted by Gasteiger charge is -2.30. The molecule has 5 rings (SSSR count). The lowest BCUT2D eigenvalue weighted by atomic mass is 9.97. The SMILES string of the molecule is O=C1c2oc3ccccc3c(=O)c2C(c2ccc(Br)cc2)N1C1CCS(=O)(=O)C1. The van der Waals surface area contributed by atoms with E-state index in [1.807, 2.05) is 24.3 Å². The number of nitrogens with zero attached hydrogens (tertiary/aromatic N) is 1. The average Bonchev–Trinajstić information content (AvgIpc) is 3.20. The Morgan fingerprint density at radius 2 is 1.76 bits per heavy atom. The van der Waals surface area contributed by atoms with Crippen molar-refractivity contribution < 1.29 is 17.6 Å². The van der Waals surface area contributed by atoms with Crippen molar-refractivity contribution in [1.82, 2.24) is 4.90 Å². The Morgan fingerprint density at radius 3 is 2.45 bits per heavy atom. The summed E-state index contributed by atoms with van der Waals surface area (Å²) in [6, 6.07) is 13.0. The zero-order valence-corrected chi connectivity index (χ0v) is 17.6. The largest absolute Gasteiger partial charge is 0.450 e. The van der Waals surface area contributed by atoms with Crippen LogP contribution in [-0.2, 0) is 9.84 Å². The van der Waals surface area contributed by atoms with Gasteiger partial charge in [0.25, 0.3) is 5.91 Å². The first-order valence-electron chi connectivity index (χ1n) is 9.20. The Hall–Kier alpha value is -2.45. The highest BCUT2D eigenvalue weighted by atomic mass is 79.9. The highest BCUT2D eigenvalue weighted by Gasteiger charge is 2.48. The van der Waals surface area contributed by atoms with Crippen molar-refractivity contribution in [3.63, 3.8) is 0 Å². The molecule has 2 aromatic carbocycles. The molecule has 2 aliphatic heterocycles. The minimum Gasteiger partial charge on any atom is -0.450 e. The summed E-state index contributed by atoms with van der Waals surface area (Å²) in [5, 5.41) is 0.405. The molecule has 29 heavy (non-hydrogen) atoms. The van der Waals surface area contributed by atoms with E-state index in [1.54, 1.807) is 24.3 Å². The minimum atomic E-state index is -3.21. The van der Waals surface area contributed by atoms with Crippen LogP contribution in [0.4, 0.5) is 0 Å². The quantitative estimate of drug-likeness (QED) is 0.569. The molecule has 0 spiro atoms. The summed E-state index contributed by atoms with van der Waals surface area (Å²) in [5.41, 5.74) is 1.11. The summed E-state index contributed by atoms with van der Waals surface area (Å²) in [6.07, 6.45) is 0.350. The standard InChI is InChI=1S/C21H16BrNO5S/c22-13-7-5-12(6-8-13)18-17-19(24)15-3-1-2-4-16(15)28-20(17)21(25)23(18)14-9-10-29(26,27)11-14/h1-8,14,18H,9-11H2. The van der Waals surface area contributed by atoms with Crippen LogP contribution in [0.3, 0.4) is 0 Å². The molecule has 0 N–H and O–H groups in total. The maximum atomic E-state index is 13.3. The first kappa shape index (κ1) is 18.6. The summed E-state index contributed by atoms with van der Waals surface area (Å²) in [7, 11) is -3.21. The Balaban J connectivity index is 1.76. The second-order valence-electron chi connectivity index (χ2n) is 7.39. The molecular formula is C21H16BrNO5S. The number of amides is 1. The van der Waals surface area contributed by atoms with Crippen LogP contribution >= 0.6 is 15.9 Å². The van der Waals surface area contributed by atoms with Crippen LogP contribution < -0.4 is 5.43 Å². The average molecular weight is 474 g/mol. The van der Waals surface area contributed by atoms with Crippen molar-refractivity contribution in [2.45, 2.75) is 18.5 Å². The second kappa shape index (κ2) is 6.53. The number of hydrogen-bond acceptors (Lipinski definition) is 5. The molecule has 0 bridgehead atoms. The maximum Gasteiger partial charge on any atom is 0.291 e. The molecule has 1 saturated heterocycles. The summed E-state index contributed by atoms with van der Waals surface area (Å²) < 4.78 is 30.9. The number of halogens is 1. The van der Waals surface area contributed by atoms with Crippen LogP contribution in [0.5, 0.6) is 0 Å². The van der Waals surface area contributed by atoms with Gasteiger partial charge in [0, 0.05) is 10.5 Å². The third-order valence-corrected chi connectivity index (χ3v) is 7.88. The lowest BCUT2D eigenvalue weighted by Crippen LogP contribution is -2.40. The van der Waals surface area contributed by atoms with Crippen LogP contribution in [0.25, 0.3) is 11.0 Å². The van der Waals surface area contributed by atoms with Gasteiger partial charge in [-0.1, -0.05) is 40.2 Å². The van der Waals surface area contributed by atoms with Gasteiger partial charge in [-0.05, 0) is 36.2 Å². The van der Waals surface area contributed by atoms with Crippen molar-refractivity contribution >= 4 is 42.6 Å². The third-order valence-electron chi connectivity index (χ3n) is 5.60. The molecule has 0 saturated carbocycles. The van der Waals surface area contributed by atoms with Gasteiger partial charge in [0.1, 0.15) is 5.58 Å². The number of carbonyl (C=O) groups is 1. The number of hydrogen-bond donors (Lipinski definition) is 0. The van der Waals surface area contributed by atoms with Crippen molar-refractivity contribution in [3.05, 3.63) is 80.1 Å². The molecular weight excluding hydrogens is 458 g/mol. The van der Waals surface area contributed by atoms with E-state index >= 15 is 0 Å². The zero-order valence-electron chi connectivity index (χ0n) is 15.2. The Bertz CT molecular complexity index is 1310. The summed E-state index contributed by atoms with van der Waals surface area (Å²) in [6.45, 7) is 0. The predicted octanol–water partition coefficient (Wildman–Crippen LogP) is 3.29. The first-order chi connectivity index (χ1) is 13.9. The van der Waals surface area contributed by atoms with Gasteiger partial charge in [-0.15, -0.1) is 0 Å². The topological polar surface area (TPSA) is 84.7 Å². The summed E-state index contributed by atoms with van der Waals surface area (Å²) >= 11 is 3.40. The monoisotopic (exact) mass is 473 g/mol. The number of fused-ring (bicyclic) bond motifs is 2. The van der Waals surface area contributed by atoms with Crippen LogP contribution in [0, 0.1) is 0 Å². The van der Waals surface area contributed by atoms with Gasteiger partial charge in [-0.25, -0.2) is 8.42 Å². The van der Waals surface area contributed by atoms with Crippen molar-refractivity contribution in [1.29, 1.82) is 0 Å². The zero-order chi connectivity index (χ0) is 20.3. The van der Waals surface area contributed by atoms with E-state index in [2.05, 4.69) is 15.9 Å². The van der Waals surface area contributed by atoms with E-state index in [-0.39, 0.29) is 28.3 Å². The second-order valence-corrected chi connectivity index (χ2v) is 10.5. The molecule has 3 aromatic rings. The Morgan fingerprint density at radius 1 is 1.03 bits per heavy atom. The molecule has 3 heterocycles. The van der Waals surface area contributed by atoms with Crippen molar-refractivity contribution in [3.8, 4) is 0 Å². The number of para-hydroxylation sites is 1. The fraction of sp³-hybridized carbons (Fsp3) is 0.238. The molecule has 6 nitrogen and oxygen atoms in total. The molecule has 0 aliphatic carbocycles. The van der Waals surface area contributed by atoms with E-state index < -0.39 is 27.8 Å². The van der Waals surface area contributed by atoms with E-state index in [0.29, 0.717) is 17.4 Å². The smallest absolute Gasteiger partial charge is 0.291 e. The van der Waals surface area contributed by atoms with Crippen LogP contribution in [0.15, 0.2) is 62.2 Å². The predicted molar refractivity (Wildman–Crippen MR) is 112 cm³/mol. The minimum absolute atomic E-state index is 0.00548.